The maximum Gasteiger partial charge on any atom is 0.254 e. The van der Waals surface area contributed by atoms with Gasteiger partial charge in [0.1, 0.15) is 5.82 Å². The fraction of sp³-hybridized carbons (Fsp3) is 0.389. The van der Waals surface area contributed by atoms with Gasteiger partial charge in [0.05, 0.1) is 5.69 Å². The first-order valence-electron chi connectivity index (χ1n) is 8.27. The molecule has 118 valence electrons. The van der Waals surface area contributed by atoms with E-state index in [1.165, 1.54) is 22.4 Å². The highest BCUT2D eigenvalue weighted by Crippen LogP contribution is 2.30. The molecular formula is C18H21N5. The van der Waals surface area contributed by atoms with Crippen LogP contribution in [0.15, 0.2) is 18.2 Å². The van der Waals surface area contributed by atoms with E-state index in [0.29, 0.717) is 5.78 Å². The van der Waals surface area contributed by atoms with Gasteiger partial charge >= 0.3 is 0 Å². The molecule has 3 aromatic rings. The summed E-state index contributed by atoms with van der Waals surface area (Å²) < 4.78 is 1.87. The van der Waals surface area contributed by atoms with E-state index >= 15 is 0 Å². The highest BCUT2D eigenvalue weighted by atomic mass is 15.4. The van der Waals surface area contributed by atoms with Gasteiger partial charge < -0.3 is 5.32 Å². The predicted molar refractivity (Wildman–Crippen MR) is 91.4 cm³/mol. The first-order valence-corrected chi connectivity index (χ1v) is 8.27. The molecule has 2 aromatic heterocycles. The number of nitrogens with one attached hydrogen (secondary N) is 1. The Labute approximate surface area is 135 Å². The second-order valence-electron chi connectivity index (χ2n) is 6.26. The van der Waals surface area contributed by atoms with Crippen LogP contribution in [-0.2, 0) is 19.3 Å². The molecule has 1 N–H and O–H groups in total. The van der Waals surface area contributed by atoms with Crippen molar-refractivity contribution in [1.29, 1.82) is 0 Å². The van der Waals surface area contributed by atoms with Gasteiger partial charge in [0.15, 0.2) is 5.82 Å². The molecule has 0 fully saturated rings. The minimum atomic E-state index is 0.703. The maximum absolute atomic E-state index is 4.71. The quantitative estimate of drug-likeness (QED) is 0.804. The number of hydrogen-bond donors (Lipinski definition) is 1. The zero-order chi connectivity index (χ0) is 16.0. The van der Waals surface area contributed by atoms with Crippen LogP contribution in [0.1, 0.15) is 41.6 Å². The molecule has 5 nitrogen and oxygen atoms in total. The van der Waals surface area contributed by atoms with E-state index in [1.54, 1.807) is 0 Å². The van der Waals surface area contributed by atoms with Crippen molar-refractivity contribution in [1.82, 2.24) is 19.6 Å². The lowest BCUT2D eigenvalue weighted by atomic mass is 10.1. The SMILES string of the molecule is CCc1nc2nc3c(c(Nc4ccc(C)c(C)c4)n2n1)CCC3. The van der Waals surface area contributed by atoms with Gasteiger partial charge in [-0.05, 0) is 56.4 Å². The fourth-order valence-corrected chi connectivity index (χ4v) is 3.16. The molecule has 5 heteroatoms. The molecule has 0 atom stereocenters. The molecule has 0 radical (unpaired) electrons. The van der Waals surface area contributed by atoms with E-state index in [9.17, 15) is 0 Å². The van der Waals surface area contributed by atoms with Crippen molar-refractivity contribution in [3.63, 3.8) is 0 Å². The third-order valence-corrected chi connectivity index (χ3v) is 4.64. The lowest BCUT2D eigenvalue weighted by Crippen LogP contribution is -2.07. The highest BCUT2D eigenvalue weighted by molar-refractivity contribution is 5.64. The minimum absolute atomic E-state index is 0.703. The fourth-order valence-electron chi connectivity index (χ4n) is 3.16. The van der Waals surface area contributed by atoms with Gasteiger partial charge in [0.2, 0.25) is 0 Å². The van der Waals surface area contributed by atoms with Gasteiger partial charge in [0, 0.05) is 17.7 Å². The Hall–Kier alpha value is -2.43. The van der Waals surface area contributed by atoms with Crippen LogP contribution in [0.4, 0.5) is 11.5 Å². The van der Waals surface area contributed by atoms with Crippen molar-refractivity contribution in [2.45, 2.75) is 46.5 Å². The first-order chi connectivity index (χ1) is 11.2. The van der Waals surface area contributed by atoms with Crippen LogP contribution in [0.5, 0.6) is 0 Å². The second kappa shape index (κ2) is 5.33. The zero-order valence-electron chi connectivity index (χ0n) is 13.8. The largest absolute Gasteiger partial charge is 0.340 e. The number of fused-ring (bicyclic) bond motifs is 2. The van der Waals surface area contributed by atoms with Crippen molar-refractivity contribution < 1.29 is 0 Å². The highest BCUT2D eigenvalue weighted by Gasteiger charge is 2.22. The number of hydrogen-bond acceptors (Lipinski definition) is 4. The van der Waals surface area contributed by atoms with Crippen LogP contribution in [-0.4, -0.2) is 19.6 Å². The van der Waals surface area contributed by atoms with E-state index in [4.69, 9.17) is 4.98 Å². The molecule has 0 amide bonds. The number of benzene rings is 1. The molecule has 23 heavy (non-hydrogen) atoms. The number of nitrogens with zero attached hydrogens (tertiary/aromatic N) is 4. The van der Waals surface area contributed by atoms with Gasteiger partial charge in [-0.2, -0.15) is 9.50 Å². The van der Waals surface area contributed by atoms with Crippen molar-refractivity contribution in [2.75, 3.05) is 5.32 Å². The predicted octanol–water partition coefficient (Wildman–Crippen LogP) is 3.54. The van der Waals surface area contributed by atoms with Gasteiger partial charge in [-0.3, -0.25) is 0 Å². The van der Waals surface area contributed by atoms with Gasteiger partial charge in [-0.25, -0.2) is 4.98 Å². The molecular weight excluding hydrogens is 286 g/mol. The van der Waals surface area contributed by atoms with Crippen LogP contribution in [0.3, 0.4) is 0 Å². The summed E-state index contributed by atoms with van der Waals surface area (Å²) in [6.45, 7) is 6.34. The smallest absolute Gasteiger partial charge is 0.254 e. The average Bonchev–Trinajstić information content (AvgIpc) is 3.16. The number of anilines is 2. The third kappa shape index (κ3) is 2.36. The van der Waals surface area contributed by atoms with Crippen molar-refractivity contribution in [3.05, 3.63) is 46.4 Å². The lowest BCUT2D eigenvalue weighted by Gasteiger charge is -2.13. The Balaban J connectivity index is 1.86. The van der Waals surface area contributed by atoms with Gasteiger partial charge in [-0.15, -0.1) is 5.10 Å². The number of aryl methyl sites for hydroxylation is 4. The third-order valence-electron chi connectivity index (χ3n) is 4.64. The summed E-state index contributed by atoms with van der Waals surface area (Å²) in [6, 6.07) is 6.45. The van der Waals surface area contributed by atoms with Crippen molar-refractivity contribution >= 4 is 17.3 Å². The molecule has 1 aromatic carbocycles. The molecule has 2 heterocycles. The van der Waals surface area contributed by atoms with Crippen LogP contribution in [0.25, 0.3) is 5.78 Å². The Kier molecular flexibility index (Phi) is 3.29. The molecule has 0 spiro atoms. The molecule has 0 bridgehead atoms. The van der Waals surface area contributed by atoms with E-state index in [2.05, 4.69) is 54.4 Å². The topological polar surface area (TPSA) is 55.1 Å². The summed E-state index contributed by atoms with van der Waals surface area (Å²) in [5.74, 6) is 2.57. The van der Waals surface area contributed by atoms with Gasteiger partial charge in [-0.1, -0.05) is 13.0 Å². The van der Waals surface area contributed by atoms with E-state index in [1.807, 2.05) is 4.52 Å². The molecule has 1 aliphatic carbocycles. The molecule has 0 saturated carbocycles. The van der Waals surface area contributed by atoms with Crippen molar-refractivity contribution in [3.8, 4) is 0 Å². The number of rotatable bonds is 3. The molecule has 4 rings (SSSR count). The van der Waals surface area contributed by atoms with Crippen LogP contribution >= 0.6 is 0 Å². The lowest BCUT2D eigenvalue weighted by molar-refractivity contribution is 0.874. The van der Waals surface area contributed by atoms with E-state index < -0.39 is 0 Å². The molecule has 1 aliphatic rings. The zero-order valence-corrected chi connectivity index (χ0v) is 13.8. The molecule has 0 saturated heterocycles. The summed E-state index contributed by atoms with van der Waals surface area (Å²) >= 11 is 0. The summed E-state index contributed by atoms with van der Waals surface area (Å²) in [5.41, 5.74) is 6.12. The Morgan fingerprint density at radius 1 is 1.13 bits per heavy atom. The average molecular weight is 307 g/mol. The standard InChI is InChI=1S/C18H21N5/c1-4-16-21-18-20-15-7-5-6-14(15)17(23(18)22-16)19-13-9-8-11(2)12(3)10-13/h8-10,19H,4-7H2,1-3H3. The minimum Gasteiger partial charge on any atom is -0.340 e. The summed E-state index contributed by atoms with van der Waals surface area (Å²) in [7, 11) is 0. The second-order valence-corrected chi connectivity index (χ2v) is 6.26. The Morgan fingerprint density at radius 3 is 2.78 bits per heavy atom. The first kappa shape index (κ1) is 14.2. The van der Waals surface area contributed by atoms with Crippen LogP contribution < -0.4 is 5.32 Å². The monoisotopic (exact) mass is 307 g/mol. The molecule has 0 aliphatic heterocycles. The molecule has 0 unspecified atom stereocenters. The summed E-state index contributed by atoms with van der Waals surface area (Å²) in [4.78, 5) is 9.25. The van der Waals surface area contributed by atoms with E-state index in [0.717, 1.165) is 43.0 Å². The summed E-state index contributed by atoms with van der Waals surface area (Å²) in [5, 5.41) is 8.20. The maximum atomic E-state index is 4.71. The van der Waals surface area contributed by atoms with E-state index in [-0.39, 0.29) is 0 Å². The number of aromatic nitrogens is 4. The van der Waals surface area contributed by atoms with Crippen LogP contribution in [0, 0.1) is 13.8 Å². The normalized spacial score (nSPS) is 13.5. The van der Waals surface area contributed by atoms with Crippen LogP contribution in [0.2, 0.25) is 0 Å². The Bertz CT molecular complexity index is 894. The Morgan fingerprint density at radius 2 is 2.00 bits per heavy atom. The van der Waals surface area contributed by atoms with Gasteiger partial charge in [0.25, 0.3) is 5.78 Å². The van der Waals surface area contributed by atoms with Crippen molar-refractivity contribution in [2.24, 2.45) is 0 Å². The summed E-state index contributed by atoms with van der Waals surface area (Å²) in [6.07, 6.45) is 4.05.